The fourth-order valence-corrected chi connectivity index (χ4v) is 4.66. The number of nitrogens with zero attached hydrogens (tertiary/aromatic N) is 1. The normalized spacial score (nSPS) is 16.2. The average molecular weight is 439 g/mol. The number of halogens is 3. The van der Waals surface area contributed by atoms with Crippen LogP contribution in [-0.4, -0.2) is 24.0 Å². The summed E-state index contributed by atoms with van der Waals surface area (Å²) in [6, 6.07) is 6.60. The number of hydrogen-bond donors (Lipinski definition) is 1. The molecule has 1 aromatic carbocycles. The number of amides is 2. The first-order valence-corrected chi connectivity index (χ1v) is 10.9. The number of benzene rings is 1. The number of nitrogens with one attached hydrogen (secondary N) is 1. The van der Waals surface area contributed by atoms with Crippen LogP contribution in [0.2, 0.25) is 0 Å². The Kier molecular flexibility index (Phi) is 6.85. The molecule has 1 N–H and O–H groups in total. The number of thiophene rings is 1. The van der Waals surface area contributed by atoms with E-state index in [9.17, 15) is 22.8 Å². The quantitative estimate of drug-likeness (QED) is 0.675. The third-order valence-electron chi connectivity index (χ3n) is 5.57. The Bertz CT molecular complexity index is 890. The van der Waals surface area contributed by atoms with Crippen LogP contribution in [0.4, 0.5) is 18.9 Å². The van der Waals surface area contributed by atoms with Crippen molar-refractivity contribution in [3.05, 3.63) is 51.7 Å². The predicted molar refractivity (Wildman–Crippen MR) is 112 cm³/mol. The van der Waals surface area contributed by atoms with Gasteiger partial charge in [-0.3, -0.25) is 14.5 Å². The zero-order valence-electron chi connectivity index (χ0n) is 17.0. The Hall–Kier alpha value is -2.35. The summed E-state index contributed by atoms with van der Waals surface area (Å²) in [6.45, 7) is 3.42. The summed E-state index contributed by atoms with van der Waals surface area (Å²) in [4.78, 5) is 26.9. The molecule has 1 fully saturated rings. The van der Waals surface area contributed by atoms with Gasteiger partial charge in [0, 0.05) is 16.6 Å². The van der Waals surface area contributed by atoms with Crippen LogP contribution in [0.1, 0.15) is 54.1 Å². The van der Waals surface area contributed by atoms with Crippen molar-refractivity contribution in [2.75, 3.05) is 4.90 Å². The van der Waals surface area contributed by atoms with Crippen molar-refractivity contribution in [3.8, 4) is 0 Å². The van der Waals surface area contributed by atoms with Crippen molar-refractivity contribution in [3.63, 3.8) is 0 Å². The van der Waals surface area contributed by atoms with Gasteiger partial charge in [0.25, 0.3) is 0 Å². The molecule has 0 aliphatic heterocycles. The first-order chi connectivity index (χ1) is 14.2. The van der Waals surface area contributed by atoms with Crippen molar-refractivity contribution < 1.29 is 22.8 Å². The minimum atomic E-state index is -5.11. The van der Waals surface area contributed by atoms with E-state index in [1.807, 2.05) is 0 Å². The lowest BCUT2D eigenvalue weighted by Gasteiger charge is -2.34. The zero-order chi connectivity index (χ0) is 21.9. The molecular weight excluding hydrogens is 413 g/mol. The SMILES string of the molecule is Cc1cccc(N(C(=O)C(F)(F)F)[C@@H](C(=O)NC2CCCCC2)c2cccs2)c1C. The Morgan fingerprint density at radius 2 is 1.80 bits per heavy atom. The molecule has 2 aromatic rings. The molecule has 0 unspecified atom stereocenters. The highest BCUT2D eigenvalue weighted by Gasteiger charge is 2.48. The van der Waals surface area contributed by atoms with E-state index in [1.165, 1.54) is 6.07 Å². The van der Waals surface area contributed by atoms with Gasteiger partial charge >= 0.3 is 12.1 Å². The molecule has 162 valence electrons. The fourth-order valence-electron chi connectivity index (χ4n) is 3.85. The van der Waals surface area contributed by atoms with Gasteiger partial charge in [-0.1, -0.05) is 37.5 Å². The van der Waals surface area contributed by atoms with E-state index in [1.54, 1.807) is 43.5 Å². The number of aryl methyl sites for hydroxylation is 1. The number of rotatable bonds is 5. The molecule has 2 amide bonds. The van der Waals surface area contributed by atoms with Gasteiger partial charge in [-0.25, -0.2) is 0 Å². The van der Waals surface area contributed by atoms with Gasteiger partial charge in [0.2, 0.25) is 5.91 Å². The summed E-state index contributed by atoms with van der Waals surface area (Å²) in [6.07, 6.45) is -0.508. The van der Waals surface area contributed by atoms with E-state index in [-0.39, 0.29) is 11.7 Å². The summed E-state index contributed by atoms with van der Waals surface area (Å²) >= 11 is 1.16. The Balaban J connectivity index is 2.08. The summed E-state index contributed by atoms with van der Waals surface area (Å²) < 4.78 is 40.9. The van der Waals surface area contributed by atoms with Crippen LogP contribution in [-0.2, 0) is 9.59 Å². The third-order valence-corrected chi connectivity index (χ3v) is 6.49. The monoisotopic (exact) mass is 438 g/mol. The van der Waals surface area contributed by atoms with E-state index in [0.717, 1.165) is 49.0 Å². The second-order valence-corrected chi connectivity index (χ2v) is 8.63. The lowest BCUT2D eigenvalue weighted by Crippen LogP contribution is -2.50. The molecule has 30 heavy (non-hydrogen) atoms. The number of anilines is 1. The average Bonchev–Trinajstić information content (AvgIpc) is 3.22. The van der Waals surface area contributed by atoms with Gasteiger partial charge in [-0.15, -0.1) is 11.3 Å². The Morgan fingerprint density at radius 3 is 2.40 bits per heavy atom. The standard InChI is InChI=1S/C22H25F3N2O2S/c1-14-8-6-11-17(15(14)2)27(21(29)22(23,24)25)19(18-12-7-13-30-18)20(28)26-16-9-4-3-5-10-16/h6-8,11-13,16,19H,3-5,9-10H2,1-2H3,(H,26,28)/t19-/m1/s1. The second kappa shape index (κ2) is 9.20. The van der Waals surface area contributed by atoms with Crippen LogP contribution in [0.3, 0.4) is 0 Å². The van der Waals surface area contributed by atoms with Gasteiger partial charge in [-0.2, -0.15) is 13.2 Å². The van der Waals surface area contributed by atoms with E-state index in [4.69, 9.17) is 0 Å². The first-order valence-electron chi connectivity index (χ1n) is 10.0. The number of hydrogen-bond acceptors (Lipinski definition) is 3. The van der Waals surface area contributed by atoms with Crippen LogP contribution >= 0.6 is 11.3 Å². The van der Waals surface area contributed by atoms with Crippen molar-refractivity contribution in [2.24, 2.45) is 0 Å². The van der Waals surface area contributed by atoms with E-state index in [2.05, 4.69) is 5.32 Å². The molecule has 1 aliphatic carbocycles. The molecular formula is C22H25F3N2O2S. The highest BCUT2D eigenvalue weighted by atomic mass is 32.1. The smallest absolute Gasteiger partial charge is 0.351 e. The van der Waals surface area contributed by atoms with Crippen LogP contribution in [0.5, 0.6) is 0 Å². The maximum Gasteiger partial charge on any atom is 0.471 e. The van der Waals surface area contributed by atoms with Crippen molar-refractivity contribution in [1.82, 2.24) is 5.32 Å². The summed E-state index contributed by atoms with van der Waals surface area (Å²) in [5, 5.41) is 4.59. The fraction of sp³-hybridized carbons (Fsp3) is 0.455. The third kappa shape index (κ3) is 4.86. The molecule has 3 rings (SSSR count). The van der Waals surface area contributed by atoms with Crippen molar-refractivity contribution in [2.45, 2.75) is 64.2 Å². The topological polar surface area (TPSA) is 49.4 Å². The lowest BCUT2D eigenvalue weighted by atomic mass is 9.95. The highest BCUT2D eigenvalue weighted by Crippen LogP contribution is 2.37. The maximum absolute atomic E-state index is 13.6. The second-order valence-electron chi connectivity index (χ2n) is 7.65. The minimum absolute atomic E-state index is 0.0878. The zero-order valence-corrected chi connectivity index (χ0v) is 17.8. The van der Waals surface area contributed by atoms with E-state index in [0.29, 0.717) is 15.3 Å². The molecule has 0 spiro atoms. The molecule has 1 aliphatic rings. The van der Waals surface area contributed by atoms with Crippen LogP contribution in [0, 0.1) is 13.8 Å². The van der Waals surface area contributed by atoms with E-state index >= 15 is 0 Å². The van der Waals surface area contributed by atoms with Crippen molar-refractivity contribution >= 4 is 28.8 Å². The number of carbonyl (C=O) groups is 2. The van der Waals surface area contributed by atoms with Crippen molar-refractivity contribution in [1.29, 1.82) is 0 Å². The number of carbonyl (C=O) groups excluding carboxylic acids is 2. The molecule has 1 atom stereocenters. The minimum Gasteiger partial charge on any atom is -0.351 e. The Morgan fingerprint density at radius 1 is 1.10 bits per heavy atom. The first kappa shape index (κ1) is 22.3. The molecule has 0 radical (unpaired) electrons. The molecule has 0 bridgehead atoms. The maximum atomic E-state index is 13.6. The van der Waals surface area contributed by atoms with Gasteiger partial charge in [0.05, 0.1) is 0 Å². The summed E-state index contributed by atoms with van der Waals surface area (Å²) in [5.41, 5.74) is 1.36. The predicted octanol–water partition coefficient (Wildman–Crippen LogP) is 5.45. The highest BCUT2D eigenvalue weighted by molar-refractivity contribution is 7.10. The van der Waals surface area contributed by atoms with Gasteiger partial charge < -0.3 is 5.32 Å². The lowest BCUT2D eigenvalue weighted by molar-refractivity contribution is -0.171. The van der Waals surface area contributed by atoms with Crippen LogP contribution in [0.25, 0.3) is 0 Å². The van der Waals surface area contributed by atoms with Crippen LogP contribution in [0.15, 0.2) is 35.7 Å². The van der Waals surface area contributed by atoms with Crippen LogP contribution < -0.4 is 10.2 Å². The summed E-state index contributed by atoms with van der Waals surface area (Å²) in [7, 11) is 0. The molecule has 1 aromatic heterocycles. The molecule has 4 nitrogen and oxygen atoms in total. The summed E-state index contributed by atoms with van der Waals surface area (Å²) in [5.74, 6) is -2.63. The molecule has 1 heterocycles. The molecule has 1 saturated carbocycles. The largest absolute Gasteiger partial charge is 0.471 e. The molecule has 0 saturated heterocycles. The number of alkyl halides is 3. The molecule has 8 heteroatoms. The van der Waals surface area contributed by atoms with E-state index < -0.39 is 24.0 Å². The van der Waals surface area contributed by atoms with Gasteiger partial charge in [0.1, 0.15) is 0 Å². The van der Waals surface area contributed by atoms with Gasteiger partial charge in [-0.05, 0) is 55.3 Å². The van der Waals surface area contributed by atoms with Gasteiger partial charge in [0.15, 0.2) is 6.04 Å². The Labute approximate surface area is 178 Å².